The molecule has 0 fully saturated rings. The van der Waals surface area contributed by atoms with Crippen LogP contribution in [0.1, 0.15) is 34.0 Å². The topological polar surface area (TPSA) is 63.7 Å². The van der Waals surface area contributed by atoms with Crippen LogP contribution in [-0.2, 0) is 22.9 Å². The number of hydrogen-bond acceptors (Lipinski definition) is 5. The third kappa shape index (κ3) is 4.83. The van der Waals surface area contributed by atoms with Crippen molar-refractivity contribution in [3.05, 3.63) is 69.4 Å². The van der Waals surface area contributed by atoms with E-state index in [4.69, 9.17) is 4.74 Å². The Morgan fingerprint density at radius 3 is 2.41 bits per heavy atom. The third-order valence-electron chi connectivity index (χ3n) is 5.76. The standard InChI is InChI=1S/C24H22F3NO4S2/c1-14-12-33-13-21(14)16-4-5-17-10-28(11-18(17)8-16)23(29)20-9-19(34(3,30)31)6-7-22(20)32-15(2)24(25,26)27/h4-9,12-13,15H,10-11H2,1-3H3/t15-/m0/s1. The fourth-order valence-corrected chi connectivity index (χ4v) is 5.30. The zero-order valence-electron chi connectivity index (χ0n) is 18.6. The number of fused-ring (bicyclic) bond motifs is 1. The molecule has 1 atom stereocenters. The molecule has 5 nitrogen and oxygen atoms in total. The number of carbonyl (C=O) groups excluding carboxylic acids is 1. The van der Waals surface area contributed by atoms with Crippen LogP contribution in [-0.4, -0.2) is 37.8 Å². The van der Waals surface area contributed by atoms with Crippen molar-refractivity contribution in [2.45, 2.75) is 44.1 Å². The number of thiophene rings is 1. The van der Waals surface area contributed by atoms with Crippen molar-refractivity contribution < 1.29 is 31.1 Å². The smallest absolute Gasteiger partial charge is 0.425 e. The maximum absolute atomic E-state index is 13.4. The summed E-state index contributed by atoms with van der Waals surface area (Å²) in [5.74, 6) is -0.910. The molecule has 2 aromatic carbocycles. The molecule has 1 aliphatic heterocycles. The van der Waals surface area contributed by atoms with Gasteiger partial charge in [0.05, 0.1) is 10.5 Å². The van der Waals surface area contributed by atoms with Crippen LogP contribution in [0.15, 0.2) is 52.1 Å². The number of amides is 1. The second kappa shape index (κ2) is 8.74. The largest absolute Gasteiger partial charge is 0.480 e. The zero-order valence-corrected chi connectivity index (χ0v) is 20.3. The monoisotopic (exact) mass is 509 g/mol. The van der Waals surface area contributed by atoms with E-state index in [1.165, 1.54) is 4.90 Å². The van der Waals surface area contributed by atoms with E-state index in [0.29, 0.717) is 0 Å². The summed E-state index contributed by atoms with van der Waals surface area (Å²) in [7, 11) is -3.69. The molecule has 0 unspecified atom stereocenters. The maximum Gasteiger partial charge on any atom is 0.425 e. The Morgan fingerprint density at radius 2 is 1.79 bits per heavy atom. The first kappa shape index (κ1) is 24.3. The van der Waals surface area contributed by atoms with E-state index in [9.17, 15) is 26.4 Å². The first-order chi connectivity index (χ1) is 15.8. The molecule has 0 saturated heterocycles. The molecule has 0 saturated carbocycles. The Balaban J connectivity index is 1.66. The number of aryl methyl sites for hydroxylation is 1. The first-order valence-corrected chi connectivity index (χ1v) is 13.2. The summed E-state index contributed by atoms with van der Waals surface area (Å²) in [4.78, 5) is 14.7. The van der Waals surface area contributed by atoms with Crippen LogP contribution >= 0.6 is 11.3 Å². The Kier molecular flexibility index (Phi) is 6.24. The summed E-state index contributed by atoms with van der Waals surface area (Å²) < 4.78 is 68.4. The predicted octanol–water partition coefficient (Wildman–Crippen LogP) is 5.61. The second-order valence-corrected chi connectivity index (χ2v) is 11.1. The lowest BCUT2D eigenvalue weighted by atomic mass is 10.0. The van der Waals surface area contributed by atoms with Crippen LogP contribution in [0.3, 0.4) is 0 Å². The third-order valence-corrected chi connectivity index (χ3v) is 7.73. The van der Waals surface area contributed by atoms with Gasteiger partial charge in [-0.3, -0.25) is 4.79 Å². The van der Waals surface area contributed by atoms with Gasteiger partial charge in [0, 0.05) is 19.3 Å². The highest BCUT2D eigenvalue weighted by molar-refractivity contribution is 7.90. The van der Waals surface area contributed by atoms with Gasteiger partial charge in [0.1, 0.15) is 5.75 Å². The number of nitrogens with zero attached hydrogens (tertiary/aromatic N) is 1. The summed E-state index contributed by atoms with van der Waals surface area (Å²) in [5, 5.41) is 4.10. The number of carbonyl (C=O) groups is 1. The molecule has 1 aromatic heterocycles. The van der Waals surface area contributed by atoms with Crippen LogP contribution < -0.4 is 4.74 Å². The maximum atomic E-state index is 13.4. The summed E-state index contributed by atoms with van der Waals surface area (Å²) in [6.45, 7) is 3.36. The summed E-state index contributed by atoms with van der Waals surface area (Å²) in [6.07, 6.45) is -5.85. The van der Waals surface area contributed by atoms with Gasteiger partial charge in [0.2, 0.25) is 0 Å². The van der Waals surface area contributed by atoms with Gasteiger partial charge in [-0.2, -0.15) is 24.5 Å². The van der Waals surface area contributed by atoms with Gasteiger partial charge in [-0.05, 0) is 76.7 Å². The molecule has 34 heavy (non-hydrogen) atoms. The van der Waals surface area contributed by atoms with Crippen molar-refractivity contribution in [1.29, 1.82) is 0 Å². The van der Waals surface area contributed by atoms with Gasteiger partial charge >= 0.3 is 6.18 Å². The quantitative estimate of drug-likeness (QED) is 0.448. The molecule has 0 spiro atoms. The number of ether oxygens (including phenoxy) is 1. The molecular weight excluding hydrogens is 487 g/mol. The van der Waals surface area contributed by atoms with Crippen molar-refractivity contribution in [2.24, 2.45) is 0 Å². The minimum atomic E-state index is -4.64. The van der Waals surface area contributed by atoms with Gasteiger partial charge in [-0.15, -0.1) is 0 Å². The van der Waals surface area contributed by atoms with Gasteiger partial charge in [0.25, 0.3) is 5.91 Å². The van der Waals surface area contributed by atoms with E-state index in [1.807, 2.05) is 25.1 Å². The Bertz CT molecular complexity index is 1360. The molecule has 1 amide bonds. The molecule has 0 aliphatic carbocycles. The molecule has 4 rings (SSSR count). The summed E-state index contributed by atoms with van der Waals surface area (Å²) >= 11 is 1.60. The van der Waals surface area contributed by atoms with Crippen LogP contribution in [0.25, 0.3) is 11.1 Å². The van der Waals surface area contributed by atoms with E-state index < -0.39 is 28.0 Å². The lowest BCUT2D eigenvalue weighted by Crippen LogP contribution is -2.32. The van der Waals surface area contributed by atoms with Crippen molar-refractivity contribution >= 4 is 27.1 Å². The molecule has 0 N–H and O–H groups in total. The number of benzene rings is 2. The average Bonchev–Trinajstić information content (AvgIpc) is 3.37. The Morgan fingerprint density at radius 1 is 1.09 bits per heavy atom. The second-order valence-electron chi connectivity index (χ2n) is 8.35. The van der Waals surface area contributed by atoms with E-state index in [0.717, 1.165) is 59.2 Å². The van der Waals surface area contributed by atoms with E-state index in [-0.39, 0.29) is 29.3 Å². The molecular formula is C24H22F3NO4S2. The van der Waals surface area contributed by atoms with Gasteiger partial charge < -0.3 is 9.64 Å². The van der Waals surface area contributed by atoms with Crippen molar-refractivity contribution in [3.8, 4) is 16.9 Å². The SMILES string of the molecule is Cc1cscc1-c1ccc2c(c1)CN(C(=O)c1cc(S(C)(=O)=O)ccc1O[C@@H](C)C(F)(F)F)C2. The summed E-state index contributed by atoms with van der Waals surface area (Å²) in [5.41, 5.74) is 4.91. The number of sulfone groups is 1. The van der Waals surface area contributed by atoms with Crippen LogP contribution in [0.4, 0.5) is 13.2 Å². The highest BCUT2D eigenvalue weighted by atomic mass is 32.2. The highest BCUT2D eigenvalue weighted by Crippen LogP contribution is 2.34. The fraction of sp³-hybridized carbons (Fsp3) is 0.292. The van der Waals surface area contributed by atoms with Crippen molar-refractivity contribution in [3.63, 3.8) is 0 Å². The minimum absolute atomic E-state index is 0.171. The van der Waals surface area contributed by atoms with E-state index in [2.05, 4.69) is 10.8 Å². The normalized spacial score (nSPS) is 14.7. The first-order valence-electron chi connectivity index (χ1n) is 10.4. The van der Waals surface area contributed by atoms with Gasteiger partial charge in [-0.1, -0.05) is 12.1 Å². The van der Waals surface area contributed by atoms with Gasteiger partial charge in [-0.25, -0.2) is 8.42 Å². The lowest BCUT2D eigenvalue weighted by molar-refractivity contribution is -0.189. The van der Waals surface area contributed by atoms with Crippen LogP contribution in [0.2, 0.25) is 0 Å². The van der Waals surface area contributed by atoms with E-state index in [1.54, 1.807) is 11.3 Å². The Labute approximate surface area is 199 Å². The van der Waals surface area contributed by atoms with E-state index >= 15 is 0 Å². The van der Waals surface area contributed by atoms with Crippen molar-refractivity contribution in [2.75, 3.05) is 6.26 Å². The molecule has 3 aromatic rings. The highest BCUT2D eigenvalue weighted by Gasteiger charge is 2.39. The fourth-order valence-electron chi connectivity index (χ4n) is 3.80. The number of halogens is 3. The number of rotatable bonds is 5. The lowest BCUT2D eigenvalue weighted by Gasteiger charge is -2.22. The average molecular weight is 510 g/mol. The summed E-state index contributed by atoms with van der Waals surface area (Å²) in [6, 6.07) is 9.25. The number of hydrogen-bond donors (Lipinski definition) is 0. The number of alkyl halides is 3. The van der Waals surface area contributed by atoms with Crippen LogP contribution in [0.5, 0.6) is 5.75 Å². The van der Waals surface area contributed by atoms with Gasteiger partial charge in [0.15, 0.2) is 15.9 Å². The predicted molar refractivity (Wildman–Crippen MR) is 124 cm³/mol. The molecule has 180 valence electrons. The minimum Gasteiger partial charge on any atom is -0.480 e. The van der Waals surface area contributed by atoms with Crippen LogP contribution in [0, 0.1) is 6.92 Å². The molecule has 10 heteroatoms. The molecule has 0 bridgehead atoms. The molecule has 2 heterocycles. The zero-order chi connectivity index (χ0) is 24.8. The Hall–Kier alpha value is -2.85. The van der Waals surface area contributed by atoms with Crippen molar-refractivity contribution in [1.82, 2.24) is 4.90 Å². The molecule has 0 radical (unpaired) electrons. The molecule has 1 aliphatic rings.